The Labute approximate surface area is 182 Å². The van der Waals surface area contributed by atoms with E-state index in [2.05, 4.69) is 26.6 Å². The maximum atomic E-state index is 14.2. The van der Waals surface area contributed by atoms with Gasteiger partial charge >= 0.3 is 0 Å². The summed E-state index contributed by atoms with van der Waals surface area (Å²) in [6, 6.07) is 4.81. The monoisotopic (exact) mass is 501 g/mol. The largest absolute Gasteiger partial charge is 0.482 e. The van der Waals surface area contributed by atoms with Crippen molar-refractivity contribution in [3.63, 3.8) is 0 Å². The summed E-state index contributed by atoms with van der Waals surface area (Å²) < 4.78 is 60.5. The van der Waals surface area contributed by atoms with Gasteiger partial charge in [0.15, 0.2) is 29.9 Å². The lowest BCUT2D eigenvalue weighted by molar-refractivity contribution is -0.120. The number of hydrogen-bond acceptors (Lipinski definition) is 4. The predicted octanol–water partition coefficient (Wildman–Crippen LogP) is 4.19. The Morgan fingerprint density at radius 3 is 2.39 bits per heavy atom. The minimum atomic E-state index is -1.50. The van der Waals surface area contributed by atoms with E-state index < -0.39 is 39.3 Å². The van der Waals surface area contributed by atoms with Gasteiger partial charge in [-0.05, 0) is 47.0 Å². The summed E-state index contributed by atoms with van der Waals surface area (Å²) in [6.45, 7) is 0.00564. The van der Waals surface area contributed by atoms with Gasteiger partial charge in [-0.2, -0.15) is 0 Å². The van der Waals surface area contributed by atoms with Crippen LogP contribution >= 0.6 is 15.9 Å². The minimum absolute atomic E-state index is 0.0422. The van der Waals surface area contributed by atoms with Crippen LogP contribution in [0.1, 0.15) is 12.8 Å². The van der Waals surface area contributed by atoms with E-state index in [-0.39, 0.29) is 44.4 Å². The Kier molecular flexibility index (Phi) is 5.78. The van der Waals surface area contributed by atoms with Gasteiger partial charge in [0.05, 0.1) is 10.2 Å². The van der Waals surface area contributed by atoms with Gasteiger partial charge in [0.1, 0.15) is 11.4 Å². The number of anilines is 3. The van der Waals surface area contributed by atoms with Crippen LogP contribution < -0.4 is 20.3 Å². The molecule has 0 saturated carbocycles. The molecule has 1 saturated heterocycles. The molecule has 2 amide bonds. The fourth-order valence-corrected chi connectivity index (χ4v) is 3.99. The number of nitrogens with one attached hydrogen (secondary N) is 2. The maximum absolute atomic E-state index is 14.2. The van der Waals surface area contributed by atoms with Crippen molar-refractivity contribution in [3.05, 3.63) is 45.9 Å². The van der Waals surface area contributed by atoms with Crippen LogP contribution in [0, 0.1) is 29.2 Å². The van der Waals surface area contributed by atoms with Gasteiger partial charge in [0, 0.05) is 24.7 Å². The van der Waals surface area contributed by atoms with Gasteiger partial charge in [-0.3, -0.25) is 9.59 Å². The van der Waals surface area contributed by atoms with Gasteiger partial charge in [-0.25, -0.2) is 17.6 Å². The Morgan fingerprint density at radius 2 is 1.74 bits per heavy atom. The molecule has 2 aliphatic heterocycles. The number of piperidine rings is 1. The maximum Gasteiger partial charge on any atom is 0.262 e. The molecule has 0 atom stereocenters. The first kappa shape index (κ1) is 21.4. The highest BCUT2D eigenvalue weighted by Gasteiger charge is 2.32. The SMILES string of the molecule is O=C1COc2ccc(NC(=O)C3CCN(c4c(F)c(F)c(Br)c(F)c4F)CC3)cc2N1. The van der Waals surface area contributed by atoms with E-state index in [9.17, 15) is 27.2 Å². The number of carbonyl (C=O) groups is 2. The molecule has 2 aromatic carbocycles. The molecule has 0 aromatic heterocycles. The van der Waals surface area contributed by atoms with E-state index in [4.69, 9.17) is 4.74 Å². The van der Waals surface area contributed by atoms with Gasteiger partial charge in [0.2, 0.25) is 5.91 Å². The lowest BCUT2D eigenvalue weighted by atomic mass is 9.95. The molecule has 0 spiro atoms. The van der Waals surface area contributed by atoms with Crippen LogP contribution in [0.2, 0.25) is 0 Å². The van der Waals surface area contributed by atoms with Crippen molar-refractivity contribution in [2.75, 3.05) is 35.2 Å². The molecule has 2 aromatic rings. The number of hydrogen-bond donors (Lipinski definition) is 2. The molecule has 2 aliphatic rings. The summed E-state index contributed by atoms with van der Waals surface area (Å²) in [5.74, 6) is -6.55. The number of ether oxygens (including phenoxy) is 1. The number of rotatable bonds is 3. The predicted molar refractivity (Wildman–Crippen MR) is 108 cm³/mol. The molecule has 6 nitrogen and oxygen atoms in total. The highest BCUT2D eigenvalue weighted by Crippen LogP contribution is 2.36. The van der Waals surface area contributed by atoms with Crippen molar-refractivity contribution >= 4 is 44.8 Å². The topological polar surface area (TPSA) is 70.7 Å². The average Bonchev–Trinajstić information content (AvgIpc) is 2.76. The summed E-state index contributed by atoms with van der Waals surface area (Å²) in [7, 11) is 0. The zero-order valence-corrected chi connectivity index (χ0v) is 17.5. The first-order valence-corrected chi connectivity index (χ1v) is 10.2. The Bertz CT molecular complexity index is 1050. The molecule has 164 valence electrons. The quantitative estimate of drug-likeness (QED) is 0.375. The smallest absolute Gasteiger partial charge is 0.262 e. The van der Waals surface area contributed by atoms with Gasteiger partial charge in [0.25, 0.3) is 5.91 Å². The van der Waals surface area contributed by atoms with Crippen LogP contribution in [0.3, 0.4) is 0 Å². The molecular weight excluding hydrogens is 486 g/mol. The van der Waals surface area contributed by atoms with Crippen LogP contribution in [0.5, 0.6) is 5.75 Å². The number of halogens is 5. The first-order chi connectivity index (χ1) is 14.8. The summed E-state index contributed by atoms with van der Waals surface area (Å²) >= 11 is 2.49. The van der Waals surface area contributed by atoms with Crippen molar-refractivity contribution in [1.82, 2.24) is 0 Å². The first-order valence-electron chi connectivity index (χ1n) is 9.40. The zero-order chi connectivity index (χ0) is 22.3. The summed E-state index contributed by atoms with van der Waals surface area (Å²) in [5, 5.41) is 5.38. The van der Waals surface area contributed by atoms with E-state index in [0.29, 0.717) is 17.1 Å². The highest BCUT2D eigenvalue weighted by molar-refractivity contribution is 9.10. The van der Waals surface area contributed by atoms with Crippen LogP contribution in [0.4, 0.5) is 34.6 Å². The number of amides is 2. The van der Waals surface area contributed by atoms with E-state index in [1.807, 2.05) is 0 Å². The number of benzene rings is 2. The molecule has 2 heterocycles. The van der Waals surface area contributed by atoms with Crippen molar-refractivity contribution in [2.45, 2.75) is 12.8 Å². The summed E-state index contributed by atoms with van der Waals surface area (Å²) in [5.41, 5.74) is 0.114. The van der Waals surface area contributed by atoms with E-state index in [0.717, 1.165) is 0 Å². The molecule has 4 rings (SSSR count). The van der Waals surface area contributed by atoms with E-state index in [1.165, 1.54) is 4.90 Å². The van der Waals surface area contributed by atoms with Gasteiger partial charge in [-0.1, -0.05) is 0 Å². The van der Waals surface area contributed by atoms with E-state index in [1.54, 1.807) is 18.2 Å². The van der Waals surface area contributed by atoms with Gasteiger partial charge in [-0.15, -0.1) is 0 Å². The molecule has 0 unspecified atom stereocenters. The van der Waals surface area contributed by atoms with Crippen molar-refractivity contribution in [1.29, 1.82) is 0 Å². The van der Waals surface area contributed by atoms with Crippen molar-refractivity contribution in [3.8, 4) is 5.75 Å². The average molecular weight is 502 g/mol. The molecular formula is C20H16BrF4N3O3. The fourth-order valence-electron chi connectivity index (χ4n) is 3.64. The highest BCUT2D eigenvalue weighted by atomic mass is 79.9. The molecule has 31 heavy (non-hydrogen) atoms. The Morgan fingerprint density at radius 1 is 1.10 bits per heavy atom. The standard InChI is InChI=1S/C20H16BrF4N3O3/c21-14-15(22)17(24)19(18(25)16(14)23)28-5-3-9(4-6-28)20(30)26-10-1-2-12-11(7-10)27-13(29)8-31-12/h1-2,7,9H,3-6,8H2,(H,26,30)(H,27,29). The lowest BCUT2D eigenvalue weighted by Crippen LogP contribution is -2.39. The fraction of sp³-hybridized carbons (Fsp3) is 0.300. The molecule has 2 N–H and O–H groups in total. The molecule has 0 aliphatic carbocycles. The third-order valence-corrected chi connectivity index (χ3v) is 5.94. The number of fused-ring (bicyclic) bond motifs is 1. The molecule has 11 heteroatoms. The number of nitrogens with zero attached hydrogens (tertiary/aromatic N) is 1. The zero-order valence-electron chi connectivity index (χ0n) is 15.9. The normalized spacial score (nSPS) is 16.4. The Balaban J connectivity index is 1.42. The van der Waals surface area contributed by atoms with Crippen molar-refractivity contribution < 1.29 is 31.9 Å². The third-order valence-electron chi connectivity index (χ3n) is 5.25. The second-order valence-corrected chi connectivity index (χ2v) is 8.01. The van der Waals surface area contributed by atoms with Crippen LogP contribution in [-0.4, -0.2) is 31.5 Å². The summed E-state index contributed by atoms with van der Waals surface area (Å²) in [6.07, 6.45) is 0.462. The second kappa shape index (κ2) is 8.37. The van der Waals surface area contributed by atoms with Crippen molar-refractivity contribution in [2.24, 2.45) is 5.92 Å². The van der Waals surface area contributed by atoms with Crippen LogP contribution in [0.25, 0.3) is 0 Å². The number of carbonyl (C=O) groups excluding carboxylic acids is 2. The molecule has 0 bridgehead atoms. The summed E-state index contributed by atoms with van der Waals surface area (Å²) in [4.78, 5) is 25.2. The van der Waals surface area contributed by atoms with Crippen LogP contribution in [0.15, 0.2) is 22.7 Å². The van der Waals surface area contributed by atoms with Gasteiger partial charge < -0.3 is 20.3 Å². The van der Waals surface area contributed by atoms with Crippen LogP contribution in [-0.2, 0) is 9.59 Å². The molecule has 1 fully saturated rings. The minimum Gasteiger partial charge on any atom is -0.482 e. The third kappa shape index (κ3) is 4.06. The molecule has 0 radical (unpaired) electrons. The van der Waals surface area contributed by atoms with E-state index >= 15 is 0 Å². The lowest BCUT2D eigenvalue weighted by Gasteiger charge is -2.33. The Hall–Kier alpha value is -2.82. The second-order valence-electron chi connectivity index (χ2n) is 7.22.